The lowest BCUT2D eigenvalue weighted by Crippen LogP contribution is -2.41. The van der Waals surface area contributed by atoms with Gasteiger partial charge in [0, 0.05) is 16.6 Å². The van der Waals surface area contributed by atoms with Crippen molar-refractivity contribution in [3.63, 3.8) is 0 Å². The highest BCUT2D eigenvalue weighted by molar-refractivity contribution is 9.10. The molecule has 2 aromatic rings. The van der Waals surface area contributed by atoms with Gasteiger partial charge in [-0.05, 0) is 49.7 Å². The molecule has 0 radical (unpaired) electrons. The molecule has 2 heterocycles. The SMILES string of the molecule is COc1ccc(Br)cc1C(c1ccco1)N1CCCC(C(=O)O)C1. The van der Waals surface area contributed by atoms with Crippen LogP contribution in [0, 0.1) is 5.92 Å². The molecule has 1 aromatic heterocycles. The van der Waals surface area contributed by atoms with Crippen LogP contribution >= 0.6 is 15.9 Å². The fraction of sp³-hybridized carbons (Fsp3) is 0.389. The van der Waals surface area contributed by atoms with Crippen molar-refractivity contribution in [2.24, 2.45) is 5.92 Å². The Bertz CT molecular complexity index is 701. The molecule has 0 amide bonds. The lowest BCUT2D eigenvalue weighted by atomic mass is 9.93. The molecular formula is C18H20BrNO4. The monoisotopic (exact) mass is 393 g/mol. The van der Waals surface area contributed by atoms with E-state index >= 15 is 0 Å². The number of piperidine rings is 1. The van der Waals surface area contributed by atoms with Gasteiger partial charge < -0.3 is 14.3 Å². The summed E-state index contributed by atoms with van der Waals surface area (Å²) in [6.45, 7) is 1.32. The van der Waals surface area contributed by atoms with E-state index in [2.05, 4.69) is 20.8 Å². The van der Waals surface area contributed by atoms with Crippen LogP contribution in [0.25, 0.3) is 0 Å². The zero-order chi connectivity index (χ0) is 17.1. The molecule has 2 unspecified atom stereocenters. The Morgan fingerprint density at radius 1 is 1.46 bits per heavy atom. The fourth-order valence-electron chi connectivity index (χ4n) is 3.34. The first-order valence-electron chi connectivity index (χ1n) is 7.94. The molecule has 0 aliphatic carbocycles. The average molecular weight is 394 g/mol. The summed E-state index contributed by atoms with van der Waals surface area (Å²) >= 11 is 3.52. The molecule has 1 saturated heterocycles. The second-order valence-electron chi connectivity index (χ2n) is 5.98. The molecule has 0 spiro atoms. The number of ether oxygens (including phenoxy) is 1. The first kappa shape index (κ1) is 17.0. The molecule has 0 saturated carbocycles. The quantitative estimate of drug-likeness (QED) is 0.833. The Kier molecular flexibility index (Phi) is 5.26. The molecule has 1 N–H and O–H groups in total. The van der Waals surface area contributed by atoms with Crippen LogP contribution in [0.1, 0.15) is 30.2 Å². The van der Waals surface area contributed by atoms with Crippen LogP contribution in [0.5, 0.6) is 5.75 Å². The van der Waals surface area contributed by atoms with Crippen LogP contribution < -0.4 is 4.74 Å². The fourth-order valence-corrected chi connectivity index (χ4v) is 3.72. The average Bonchev–Trinajstić information content (AvgIpc) is 3.10. The number of carboxylic acids is 1. The summed E-state index contributed by atoms with van der Waals surface area (Å²) < 4.78 is 12.2. The molecule has 0 bridgehead atoms. The number of rotatable bonds is 5. The van der Waals surface area contributed by atoms with Gasteiger partial charge in [0.25, 0.3) is 0 Å². The summed E-state index contributed by atoms with van der Waals surface area (Å²) in [5.74, 6) is 0.461. The molecule has 2 atom stereocenters. The molecule has 6 heteroatoms. The number of nitrogens with zero attached hydrogens (tertiary/aromatic N) is 1. The Hall–Kier alpha value is -1.79. The minimum Gasteiger partial charge on any atom is -0.496 e. The van der Waals surface area contributed by atoms with Crippen molar-refractivity contribution in [2.75, 3.05) is 20.2 Å². The number of methoxy groups -OCH3 is 1. The van der Waals surface area contributed by atoms with E-state index in [0.717, 1.165) is 34.5 Å². The number of carbonyl (C=O) groups is 1. The van der Waals surface area contributed by atoms with Gasteiger partial charge in [0.15, 0.2) is 0 Å². The predicted octanol–water partition coefficient (Wildman–Crippen LogP) is 3.94. The molecule has 1 aromatic carbocycles. The summed E-state index contributed by atoms with van der Waals surface area (Å²) in [6.07, 6.45) is 3.21. The maximum absolute atomic E-state index is 11.4. The number of hydrogen-bond donors (Lipinski definition) is 1. The lowest BCUT2D eigenvalue weighted by molar-refractivity contribution is -0.143. The number of hydrogen-bond acceptors (Lipinski definition) is 4. The van der Waals surface area contributed by atoms with Crippen LogP contribution in [-0.2, 0) is 4.79 Å². The smallest absolute Gasteiger partial charge is 0.307 e. The molecule has 24 heavy (non-hydrogen) atoms. The van der Waals surface area contributed by atoms with Crippen LogP contribution in [0.2, 0.25) is 0 Å². The second kappa shape index (κ2) is 7.40. The van der Waals surface area contributed by atoms with E-state index in [1.165, 1.54) is 0 Å². The predicted molar refractivity (Wildman–Crippen MR) is 93.2 cm³/mol. The van der Waals surface area contributed by atoms with E-state index in [1.54, 1.807) is 13.4 Å². The van der Waals surface area contributed by atoms with Crippen LogP contribution in [-0.4, -0.2) is 36.2 Å². The topological polar surface area (TPSA) is 62.9 Å². The Balaban J connectivity index is 2.02. The molecule has 1 aliphatic rings. The van der Waals surface area contributed by atoms with Crippen LogP contribution in [0.4, 0.5) is 0 Å². The summed E-state index contributed by atoms with van der Waals surface area (Å²) in [5, 5.41) is 9.40. The Labute approximate surface area is 149 Å². The van der Waals surface area contributed by atoms with Crippen molar-refractivity contribution in [3.8, 4) is 5.75 Å². The highest BCUT2D eigenvalue weighted by Crippen LogP contribution is 2.38. The van der Waals surface area contributed by atoms with Crippen LogP contribution in [0.3, 0.4) is 0 Å². The largest absolute Gasteiger partial charge is 0.496 e. The van der Waals surface area contributed by atoms with Crippen molar-refractivity contribution in [1.82, 2.24) is 4.90 Å². The molecule has 128 valence electrons. The summed E-state index contributed by atoms with van der Waals surface area (Å²) in [7, 11) is 1.64. The number of halogens is 1. The minimum atomic E-state index is -0.737. The van der Waals surface area contributed by atoms with E-state index in [4.69, 9.17) is 9.15 Å². The van der Waals surface area contributed by atoms with E-state index in [1.807, 2.05) is 30.3 Å². The van der Waals surface area contributed by atoms with Gasteiger partial charge >= 0.3 is 5.97 Å². The molecule has 1 aliphatic heterocycles. The van der Waals surface area contributed by atoms with Gasteiger partial charge in [-0.2, -0.15) is 0 Å². The maximum Gasteiger partial charge on any atom is 0.307 e. The van der Waals surface area contributed by atoms with Gasteiger partial charge in [0.2, 0.25) is 0 Å². The zero-order valence-electron chi connectivity index (χ0n) is 13.4. The number of aliphatic carboxylic acids is 1. The van der Waals surface area contributed by atoms with E-state index in [0.29, 0.717) is 13.0 Å². The normalized spacial score (nSPS) is 19.8. The molecule has 5 nitrogen and oxygen atoms in total. The number of furan rings is 1. The highest BCUT2D eigenvalue weighted by Gasteiger charge is 2.34. The summed E-state index contributed by atoms with van der Waals surface area (Å²) in [6, 6.07) is 9.46. The third-order valence-electron chi connectivity index (χ3n) is 4.47. The van der Waals surface area contributed by atoms with Crippen molar-refractivity contribution in [1.29, 1.82) is 0 Å². The second-order valence-corrected chi connectivity index (χ2v) is 6.89. The summed E-state index contributed by atoms with van der Waals surface area (Å²) in [5.41, 5.74) is 0.966. The number of likely N-dealkylation sites (tertiary alicyclic amines) is 1. The summed E-state index contributed by atoms with van der Waals surface area (Å²) in [4.78, 5) is 13.6. The molecule has 3 rings (SSSR count). The van der Waals surface area contributed by atoms with E-state index in [9.17, 15) is 9.90 Å². The van der Waals surface area contributed by atoms with Crippen LogP contribution in [0.15, 0.2) is 45.5 Å². The lowest BCUT2D eigenvalue weighted by Gasteiger charge is -2.36. The van der Waals surface area contributed by atoms with Gasteiger partial charge in [-0.15, -0.1) is 0 Å². The first-order chi connectivity index (χ1) is 11.6. The Morgan fingerprint density at radius 3 is 2.96 bits per heavy atom. The van der Waals surface area contributed by atoms with Crippen molar-refractivity contribution in [3.05, 3.63) is 52.4 Å². The van der Waals surface area contributed by atoms with Gasteiger partial charge in [-0.3, -0.25) is 9.69 Å². The minimum absolute atomic E-state index is 0.172. The third kappa shape index (κ3) is 3.49. The Morgan fingerprint density at radius 2 is 2.29 bits per heavy atom. The number of carboxylic acid groups (broad SMARTS) is 1. The maximum atomic E-state index is 11.4. The van der Waals surface area contributed by atoms with Gasteiger partial charge in [0.1, 0.15) is 11.5 Å². The number of benzene rings is 1. The third-order valence-corrected chi connectivity index (χ3v) is 4.96. The van der Waals surface area contributed by atoms with Gasteiger partial charge in [-0.25, -0.2) is 0 Å². The molecule has 1 fully saturated rings. The van der Waals surface area contributed by atoms with Crippen molar-refractivity contribution in [2.45, 2.75) is 18.9 Å². The van der Waals surface area contributed by atoms with E-state index < -0.39 is 5.97 Å². The standard InChI is InChI=1S/C18H20BrNO4/c1-23-15-7-6-13(19)10-14(15)17(16-5-3-9-24-16)20-8-2-4-12(11-20)18(21)22/h3,5-7,9-10,12,17H,2,4,8,11H2,1H3,(H,21,22). The van der Waals surface area contributed by atoms with Crippen molar-refractivity contribution < 1.29 is 19.1 Å². The zero-order valence-corrected chi connectivity index (χ0v) is 15.0. The molecular weight excluding hydrogens is 374 g/mol. The van der Waals surface area contributed by atoms with Crippen molar-refractivity contribution >= 4 is 21.9 Å². The highest BCUT2D eigenvalue weighted by atomic mass is 79.9. The van der Waals surface area contributed by atoms with Gasteiger partial charge in [0.05, 0.1) is 25.3 Å². The van der Waals surface area contributed by atoms with E-state index in [-0.39, 0.29) is 12.0 Å². The van der Waals surface area contributed by atoms with Gasteiger partial charge in [-0.1, -0.05) is 15.9 Å². The first-order valence-corrected chi connectivity index (χ1v) is 8.73.